The summed E-state index contributed by atoms with van der Waals surface area (Å²) in [7, 11) is 0. The number of nitrogens with zero attached hydrogens (tertiary/aromatic N) is 2. The van der Waals surface area contributed by atoms with E-state index in [2.05, 4.69) is 59.5 Å². The number of nitrogens with one attached hydrogen (secondary N) is 2. The Morgan fingerprint density at radius 1 is 1.00 bits per heavy atom. The van der Waals surface area contributed by atoms with E-state index in [0.717, 1.165) is 38.6 Å². The van der Waals surface area contributed by atoms with Crippen molar-refractivity contribution in [3.8, 4) is 11.3 Å². The Morgan fingerprint density at radius 3 is 2.56 bits per heavy atom. The molecule has 2 aromatic carbocycles. The average Bonchev–Trinajstić information content (AvgIpc) is 3.21. The number of hydrogen-bond donors (Lipinski definition) is 2. The number of hydrogen-bond acceptors (Lipinski definition) is 3. The van der Waals surface area contributed by atoms with Gasteiger partial charge in [0.1, 0.15) is 5.69 Å². The molecule has 5 rings (SSSR count). The summed E-state index contributed by atoms with van der Waals surface area (Å²) in [5, 5.41) is 5.04. The maximum atomic E-state index is 13.0. The maximum absolute atomic E-state index is 13.0. The van der Waals surface area contributed by atoms with Crippen LogP contribution in [0.1, 0.15) is 41.4 Å². The van der Waals surface area contributed by atoms with E-state index in [-0.39, 0.29) is 5.91 Å². The lowest BCUT2D eigenvalue weighted by Crippen LogP contribution is -2.24. The van der Waals surface area contributed by atoms with Crippen LogP contribution >= 0.6 is 0 Å². The molecule has 0 unspecified atom stereocenters. The second-order valence-electron chi connectivity index (χ2n) is 8.27. The molecule has 0 atom stereocenters. The van der Waals surface area contributed by atoms with Crippen LogP contribution < -0.4 is 5.32 Å². The van der Waals surface area contributed by atoms with Crippen LogP contribution in [0.2, 0.25) is 0 Å². The van der Waals surface area contributed by atoms with Crippen LogP contribution in [0.25, 0.3) is 33.1 Å². The SMILES string of the molecule is CC(C)c1ccc(-c2nc(C(=O)NCc3cccnc3)cc3c2[nH]c2ccccc23)cc1. The first-order chi connectivity index (χ1) is 15.6. The smallest absolute Gasteiger partial charge is 0.270 e. The van der Waals surface area contributed by atoms with Gasteiger partial charge in [0.15, 0.2) is 0 Å². The minimum absolute atomic E-state index is 0.207. The van der Waals surface area contributed by atoms with Crippen LogP contribution in [-0.2, 0) is 6.54 Å². The molecule has 0 aliphatic carbocycles. The Kier molecular flexibility index (Phi) is 5.15. The molecular formula is C27H24N4O. The molecule has 0 saturated heterocycles. The van der Waals surface area contributed by atoms with Gasteiger partial charge in [-0.05, 0) is 35.2 Å². The minimum Gasteiger partial charge on any atom is -0.353 e. The number of H-pyrrole nitrogens is 1. The molecule has 0 spiro atoms. The van der Waals surface area contributed by atoms with Gasteiger partial charge in [-0.2, -0.15) is 0 Å². The van der Waals surface area contributed by atoms with Crippen LogP contribution in [0.3, 0.4) is 0 Å². The van der Waals surface area contributed by atoms with Gasteiger partial charge in [-0.15, -0.1) is 0 Å². The number of para-hydroxylation sites is 1. The zero-order chi connectivity index (χ0) is 22.1. The van der Waals surface area contributed by atoms with Crippen LogP contribution in [0, 0.1) is 0 Å². The molecule has 2 N–H and O–H groups in total. The molecule has 5 heteroatoms. The first-order valence-corrected chi connectivity index (χ1v) is 10.8. The predicted molar refractivity (Wildman–Crippen MR) is 129 cm³/mol. The second kappa shape index (κ2) is 8.27. The average molecular weight is 421 g/mol. The van der Waals surface area contributed by atoms with Gasteiger partial charge >= 0.3 is 0 Å². The second-order valence-corrected chi connectivity index (χ2v) is 8.27. The van der Waals surface area contributed by atoms with Gasteiger partial charge in [0.2, 0.25) is 0 Å². The summed E-state index contributed by atoms with van der Waals surface area (Å²) in [6.45, 7) is 4.76. The first-order valence-electron chi connectivity index (χ1n) is 10.8. The van der Waals surface area contributed by atoms with E-state index >= 15 is 0 Å². The number of carbonyl (C=O) groups is 1. The molecule has 32 heavy (non-hydrogen) atoms. The van der Waals surface area contributed by atoms with E-state index in [1.807, 2.05) is 36.4 Å². The molecule has 0 bridgehead atoms. The van der Waals surface area contributed by atoms with Crippen molar-refractivity contribution in [2.45, 2.75) is 26.3 Å². The fraction of sp³-hybridized carbons (Fsp3) is 0.148. The van der Waals surface area contributed by atoms with Crippen LogP contribution in [0.5, 0.6) is 0 Å². The van der Waals surface area contributed by atoms with E-state index in [4.69, 9.17) is 4.98 Å². The van der Waals surface area contributed by atoms with Gasteiger partial charge in [-0.1, -0.05) is 62.4 Å². The van der Waals surface area contributed by atoms with Crippen molar-refractivity contribution in [3.63, 3.8) is 0 Å². The molecule has 0 aliphatic heterocycles. The van der Waals surface area contributed by atoms with Crippen LogP contribution in [-0.4, -0.2) is 20.9 Å². The van der Waals surface area contributed by atoms with E-state index < -0.39 is 0 Å². The largest absolute Gasteiger partial charge is 0.353 e. The Morgan fingerprint density at radius 2 is 1.81 bits per heavy atom. The third-order valence-corrected chi connectivity index (χ3v) is 5.76. The summed E-state index contributed by atoms with van der Waals surface area (Å²) >= 11 is 0. The number of aromatic amines is 1. The van der Waals surface area contributed by atoms with Gasteiger partial charge in [0.05, 0.1) is 11.2 Å². The molecule has 5 aromatic rings. The highest BCUT2D eigenvalue weighted by Crippen LogP contribution is 2.33. The van der Waals surface area contributed by atoms with Crippen molar-refractivity contribution in [2.75, 3.05) is 0 Å². The van der Waals surface area contributed by atoms with Gasteiger partial charge in [0.25, 0.3) is 5.91 Å². The lowest BCUT2D eigenvalue weighted by Gasteiger charge is -2.10. The highest BCUT2D eigenvalue weighted by molar-refractivity contribution is 6.13. The number of carbonyl (C=O) groups excluding carboxylic acids is 1. The summed E-state index contributed by atoms with van der Waals surface area (Å²) in [5.74, 6) is 0.246. The minimum atomic E-state index is -0.207. The van der Waals surface area contributed by atoms with Crippen molar-refractivity contribution in [1.82, 2.24) is 20.3 Å². The molecule has 0 fully saturated rings. The Balaban J connectivity index is 1.60. The topological polar surface area (TPSA) is 70.7 Å². The highest BCUT2D eigenvalue weighted by atomic mass is 16.1. The summed E-state index contributed by atoms with van der Waals surface area (Å²) < 4.78 is 0. The Labute approximate surface area is 186 Å². The molecule has 0 radical (unpaired) electrons. The lowest BCUT2D eigenvalue weighted by atomic mass is 9.99. The maximum Gasteiger partial charge on any atom is 0.270 e. The standard InChI is InChI=1S/C27H24N4O/c1-17(2)19-9-11-20(12-10-19)25-26-22(21-7-3-4-8-23(21)30-26)14-24(31-25)27(32)29-16-18-6-5-13-28-15-18/h3-15,17,30H,16H2,1-2H3,(H,29,32). The number of rotatable bonds is 5. The van der Waals surface area contributed by atoms with E-state index in [1.54, 1.807) is 12.4 Å². The first kappa shape index (κ1) is 19.9. The van der Waals surface area contributed by atoms with E-state index in [0.29, 0.717) is 18.2 Å². The fourth-order valence-corrected chi connectivity index (χ4v) is 3.97. The number of aromatic nitrogens is 3. The molecule has 1 amide bonds. The molecule has 5 nitrogen and oxygen atoms in total. The monoisotopic (exact) mass is 420 g/mol. The van der Waals surface area contributed by atoms with Crippen molar-refractivity contribution < 1.29 is 4.79 Å². The summed E-state index contributed by atoms with van der Waals surface area (Å²) in [4.78, 5) is 25.4. The summed E-state index contributed by atoms with van der Waals surface area (Å²) in [6, 6.07) is 22.2. The molecular weight excluding hydrogens is 396 g/mol. The van der Waals surface area contributed by atoms with Crippen LogP contribution in [0.4, 0.5) is 0 Å². The van der Waals surface area contributed by atoms with Gasteiger partial charge in [-0.25, -0.2) is 4.98 Å². The molecule has 158 valence electrons. The highest BCUT2D eigenvalue weighted by Gasteiger charge is 2.17. The number of fused-ring (bicyclic) bond motifs is 3. The normalized spacial score (nSPS) is 11.3. The van der Waals surface area contributed by atoms with Crippen molar-refractivity contribution >= 4 is 27.7 Å². The van der Waals surface area contributed by atoms with Gasteiger partial charge in [0, 0.05) is 40.8 Å². The van der Waals surface area contributed by atoms with E-state index in [9.17, 15) is 4.79 Å². The van der Waals surface area contributed by atoms with Crippen LogP contribution in [0.15, 0.2) is 79.1 Å². The molecule has 0 saturated carbocycles. The van der Waals surface area contributed by atoms with E-state index in [1.165, 1.54) is 5.56 Å². The summed E-state index contributed by atoms with van der Waals surface area (Å²) in [5.41, 5.74) is 6.33. The Hall–Kier alpha value is -3.99. The zero-order valence-corrected chi connectivity index (χ0v) is 18.1. The van der Waals surface area contributed by atoms with Crippen molar-refractivity contribution in [2.24, 2.45) is 0 Å². The molecule has 3 heterocycles. The zero-order valence-electron chi connectivity index (χ0n) is 18.1. The number of pyridine rings is 2. The quantitative estimate of drug-likeness (QED) is 0.376. The number of benzene rings is 2. The fourth-order valence-electron chi connectivity index (χ4n) is 3.97. The molecule has 3 aromatic heterocycles. The third kappa shape index (κ3) is 3.73. The predicted octanol–water partition coefficient (Wildman–Crippen LogP) is 5.83. The Bertz CT molecular complexity index is 1400. The molecule has 0 aliphatic rings. The van der Waals surface area contributed by atoms with Gasteiger partial charge in [-0.3, -0.25) is 9.78 Å². The summed E-state index contributed by atoms with van der Waals surface area (Å²) in [6.07, 6.45) is 3.47. The number of amides is 1. The third-order valence-electron chi connectivity index (χ3n) is 5.76. The van der Waals surface area contributed by atoms with Gasteiger partial charge < -0.3 is 10.3 Å². The lowest BCUT2D eigenvalue weighted by molar-refractivity contribution is 0.0946. The van der Waals surface area contributed by atoms with Crippen molar-refractivity contribution in [1.29, 1.82) is 0 Å². The van der Waals surface area contributed by atoms with Crippen molar-refractivity contribution in [3.05, 3.63) is 95.9 Å².